The summed E-state index contributed by atoms with van der Waals surface area (Å²) in [6.07, 6.45) is 78.8. The van der Waals surface area contributed by atoms with Crippen molar-refractivity contribution in [2.45, 2.75) is 303 Å². The van der Waals surface area contributed by atoms with Gasteiger partial charge in [-0.3, -0.25) is 14.4 Å². The maximum absolute atomic E-state index is 12.9. The summed E-state index contributed by atoms with van der Waals surface area (Å²) < 4.78 is 16.8. The van der Waals surface area contributed by atoms with Gasteiger partial charge in [-0.05, 0) is 83.5 Å². The Balaban J connectivity index is 4.48. The van der Waals surface area contributed by atoms with Crippen LogP contribution >= 0.6 is 0 Å². The summed E-state index contributed by atoms with van der Waals surface area (Å²) in [6, 6.07) is 0. The molecule has 6 heteroatoms. The largest absolute Gasteiger partial charge is 0.462 e. The Morgan fingerprint density at radius 2 is 0.569 bits per heavy atom. The van der Waals surface area contributed by atoms with Crippen molar-refractivity contribution in [1.29, 1.82) is 0 Å². The second-order valence-electron chi connectivity index (χ2n) is 20.2. The van der Waals surface area contributed by atoms with Crippen LogP contribution in [0.3, 0.4) is 0 Å². The lowest BCUT2D eigenvalue weighted by Gasteiger charge is -2.18. The van der Waals surface area contributed by atoms with Gasteiger partial charge in [0.1, 0.15) is 13.2 Å². The highest BCUT2D eigenvalue weighted by molar-refractivity contribution is 5.71. The predicted octanol–water partition coefficient (Wildman–Crippen LogP) is 20.7. The number of carbonyl (C=O) groups is 3. The number of rotatable bonds is 55. The molecule has 0 aliphatic heterocycles. The van der Waals surface area contributed by atoms with E-state index in [9.17, 15) is 14.4 Å². The van der Waals surface area contributed by atoms with Gasteiger partial charge >= 0.3 is 17.9 Å². The maximum Gasteiger partial charge on any atom is 0.306 e. The first kappa shape index (κ1) is 68.6. The van der Waals surface area contributed by atoms with Crippen LogP contribution in [0.5, 0.6) is 0 Å². The van der Waals surface area contributed by atoms with Gasteiger partial charge in [-0.15, -0.1) is 0 Å². The predicted molar refractivity (Wildman–Crippen MR) is 311 cm³/mol. The van der Waals surface area contributed by atoms with Crippen LogP contribution in [0.2, 0.25) is 0 Å². The Labute approximate surface area is 445 Å². The van der Waals surface area contributed by atoms with E-state index in [2.05, 4.69) is 99.8 Å². The van der Waals surface area contributed by atoms with Crippen LogP contribution in [0.1, 0.15) is 297 Å². The van der Waals surface area contributed by atoms with Crippen molar-refractivity contribution in [2.24, 2.45) is 0 Å². The molecule has 0 aliphatic carbocycles. The van der Waals surface area contributed by atoms with E-state index in [1.54, 1.807) is 0 Å². The van der Waals surface area contributed by atoms with Crippen LogP contribution in [-0.4, -0.2) is 37.2 Å². The molecule has 0 aromatic carbocycles. The second kappa shape index (κ2) is 60.1. The zero-order chi connectivity index (χ0) is 52.2. The molecule has 0 bridgehead atoms. The molecular formula is C66H114O6. The lowest BCUT2D eigenvalue weighted by atomic mass is 10.0. The van der Waals surface area contributed by atoms with Crippen molar-refractivity contribution < 1.29 is 28.6 Å². The molecule has 0 saturated heterocycles. The minimum atomic E-state index is -0.809. The third-order valence-corrected chi connectivity index (χ3v) is 13.1. The van der Waals surface area contributed by atoms with E-state index < -0.39 is 6.10 Å². The van der Waals surface area contributed by atoms with Gasteiger partial charge in [-0.2, -0.15) is 0 Å². The molecule has 1 atom stereocenters. The molecule has 6 nitrogen and oxygen atoms in total. The van der Waals surface area contributed by atoms with E-state index in [1.165, 1.54) is 173 Å². The van der Waals surface area contributed by atoms with E-state index in [0.717, 1.165) is 77.0 Å². The van der Waals surface area contributed by atoms with E-state index in [4.69, 9.17) is 14.2 Å². The zero-order valence-electron chi connectivity index (χ0n) is 47.4. The summed E-state index contributed by atoms with van der Waals surface area (Å²) in [6.45, 7) is 6.49. The molecule has 414 valence electrons. The van der Waals surface area contributed by atoms with Crippen molar-refractivity contribution in [3.05, 3.63) is 85.1 Å². The smallest absolute Gasteiger partial charge is 0.306 e. The summed E-state index contributed by atoms with van der Waals surface area (Å²) in [4.78, 5) is 38.2. The number of ether oxygens (including phenoxy) is 3. The van der Waals surface area contributed by atoms with Gasteiger partial charge in [0.2, 0.25) is 0 Å². The highest BCUT2D eigenvalue weighted by Crippen LogP contribution is 2.16. The van der Waals surface area contributed by atoms with Gasteiger partial charge in [0.25, 0.3) is 0 Å². The van der Waals surface area contributed by atoms with Crippen LogP contribution in [0, 0.1) is 0 Å². The molecule has 0 aromatic rings. The molecule has 0 N–H and O–H groups in total. The number of allylic oxidation sites excluding steroid dienone is 14. The molecule has 0 aliphatic rings. The monoisotopic (exact) mass is 1000 g/mol. The van der Waals surface area contributed by atoms with Crippen molar-refractivity contribution in [2.75, 3.05) is 13.2 Å². The molecule has 0 rings (SSSR count). The standard InChI is InChI=1S/C66H114O6/c1-4-7-10-13-16-19-22-25-28-31-33-35-38-41-44-47-50-53-56-59-65(68)71-62-63(61-70-64(67)58-55-52-49-46-43-40-37-30-27-24-21-18-15-12-9-6-3)72-66(69)60-57-54-51-48-45-42-39-36-34-32-29-26-23-20-17-14-11-8-5-2/h7,10,16,19,25,28,32-35,41,44,50,53,63H,4-6,8-9,11-15,17-18,20-24,26-27,29-31,36-40,42-43,45-49,51-52,54-62H2,1-3H3/b10-7-,19-16-,28-25-,34-32-,35-33-,44-41-,53-50-. The van der Waals surface area contributed by atoms with Crippen molar-refractivity contribution in [3.8, 4) is 0 Å². The quantitative estimate of drug-likeness (QED) is 0.0261. The lowest BCUT2D eigenvalue weighted by molar-refractivity contribution is -0.166. The number of esters is 3. The third-order valence-electron chi connectivity index (χ3n) is 13.1. The molecule has 0 spiro atoms. The lowest BCUT2D eigenvalue weighted by Crippen LogP contribution is -2.30. The second-order valence-corrected chi connectivity index (χ2v) is 20.2. The molecular weight excluding hydrogens is 889 g/mol. The van der Waals surface area contributed by atoms with Crippen LogP contribution in [0.15, 0.2) is 85.1 Å². The first-order chi connectivity index (χ1) is 35.5. The summed E-state index contributed by atoms with van der Waals surface area (Å²) >= 11 is 0. The summed E-state index contributed by atoms with van der Waals surface area (Å²) in [5.41, 5.74) is 0. The van der Waals surface area contributed by atoms with Crippen LogP contribution < -0.4 is 0 Å². The molecule has 72 heavy (non-hydrogen) atoms. The molecule has 0 heterocycles. The SMILES string of the molecule is CC/C=C\C/C=C\C/C=C\C/C=C\C/C=C\C/C=C\CCC(=O)OCC(COC(=O)CCCCCCCCCCCCCCCCCC)OC(=O)CCCCCCCCC/C=C\CCCCCCCCCC. The van der Waals surface area contributed by atoms with Crippen molar-refractivity contribution in [3.63, 3.8) is 0 Å². The van der Waals surface area contributed by atoms with E-state index in [-0.39, 0.29) is 37.5 Å². The molecule has 0 amide bonds. The summed E-state index contributed by atoms with van der Waals surface area (Å²) in [7, 11) is 0. The molecule has 1 unspecified atom stereocenters. The summed E-state index contributed by atoms with van der Waals surface area (Å²) in [5, 5.41) is 0. The highest BCUT2D eigenvalue weighted by atomic mass is 16.6. The Kier molecular flexibility index (Phi) is 57.3. The first-order valence-electron chi connectivity index (χ1n) is 30.6. The number of carbonyl (C=O) groups excluding carboxylic acids is 3. The number of hydrogen-bond acceptors (Lipinski definition) is 6. The van der Waals surface area contributed by atoms with Crippen molar-refractivity contribution in [1.82, 2.24) is 0 Å². The van der Waals surface area contributed by atoms with Crippen molar-refractivity contribution >= 4 is 17.9 Å². The zero-order valence-corrected chi connectivity index (χ0v) is 47.4. The maximum atomic E-state index is 12.9. The highest BCUT2D eigenvalue weighted by Gasteiger charge is 2.19. The topological polar surface area (TPSA) is 78.9 Å². The molecule has 0 fully saturated rings. The van der Waals surface area contributed by atoms with E-state index >= 15 is 0 Å². The third kappa shape index (κ3) is 57.5. The fourth-order valence-electron chi connectivity index (χ4n) is 8.58. The van der Waals surface area contributed by atoms with Gasteiger partial charge < -0.3 is 14.2 Å². The van der Waals surface area contributed by atoms with E-state index in [0.29, 0.717) is 19.3 Å². The normalized spacial score (nSPS) is 12.7. The fraction of sp³-hybridized carbons (Fsp3) is 0.742. The first-order valence-corrected chi connectivity index (χ1v) is 30.6. The van der Waals surface area contributed by atoms with Crippen LogP contribution in [0.4, 0.5) is 0 Å². The Hall–Kier alpha value is -3.41. The molecule has 0 aromatic heterocycles. The average Bonchev–Trinajstić information content (AvgIpc) is 3.38. The van der Waals surface area contributed by atoms with Crippen LogP contribution in [0.25, 0.3) is 0 Å². The van der Waals surface area contributed by atoms with Gasteiger partial charge in [0.05, 0.1) is 0 Å². The van der Waals surface area contributed by atoms with Gasteiger partial charge in [0, 0.05) is 19.3 Å². The van der Waals surface area contributed by atoms with Gasteiger partial charge in [0.15, 0.2) is 6.10 Å². The average molecular weight is 1000 g/mol. The molecule has 0 radical (unpaired) electrons. The summed E-state index contributed by atoms with van der Waals surface area (Å²) in [5.74, 6) is -0.980. The minimum absolute atomic E-state index is 0.0990. The van der Waals surface area contributed by atoms with Gasteiger partial charge in [-0.1, -0.05) is 279 Å². The molecule has 0 saturated carbocycles. The van der Waals surface area contributed by atoms with Gasteiger partial charge in [-0.25, -0.2) is 0 Å². The minimum Gasteiger partial charge on any atom is -0.462 e. The Morgan fingerprint density at radius 1 is 0.292 bits per heavy atom. The Morgan fingerprint density at radius 3 is 0.931 bits per heavy atom. The van der Waals surface area contributed by atoms with Crippen LogP contribution in [-0.2, 0) is 28.6 Å². The fourth-order valence-corrected chi connectivity index (χ4v) is 8.58. The Bertz CT molecular complexity index is 1380. The van der Waals surface area contributed by atoms with E-state index in [1.807, 2.05) is 6.08 Å². The number of unbranched alkanes of at least 4 members (excludes halogenated alkanes) is 30. The number of hydrogen-bond donors (Lipinski definition) is 0.